The molecule has 0 unspecified atom stereocenters. The fourth-order valence-corrected chi connectivity index (χ4v) is 11.2. The number of H-pyrrole nitrogens is 2. The molecule has 4 N–H and O–H groups in total. The number of carbonyl (C=O) groups is 4. The van der Waals surface area contributed by atoms with E-state index >= 15 is 0 Å². The minimum absolute atomic E-state index is 0.158. The number of nitrogens with zero attached hydrogens (tertiary/aromatic N) is 5. The fourth-order valence-electron chi connectivity index (χ4n) is 11.2. The lowest BCUT2D eigenvalue weighted by atomic mass is 9.84. The Bertz CT molecular complexity index is 2980. The Labute approximate surface area is 437 Å². The third kappa shape index (κ3) is 10.5. The molecule has 3 fully saturated rings. The molecule has 6 aromatic rings. The molecule has 2 aliphatic heterocycles. The van der Waals surface area contributed by atoms with Gasteiger partial charge in [-0.25, -0.2) is 19.6 Å². The van der Waals surface area contributed by atoms with E-state index in [1.165, 1.54) is 51.9 Å². The van der Waals surface area contributed by atoms with Gasteiger partial charge in [0.2, 0.25) is 11.8 Å². The van der Waals surface area contributed by atoms with Crippen LogP contribution in [0.25, 0.3) is 50.7 Å². The Kier molecular flexibility index (Phi) is 15.6. The van der Waals surface area contributed by atoms with Gasteiger partial charge in [0.1, 0.15) is 47.3 Å². The predicted octanol–water partition coefficient (Wildman–Crippen LogP) is 7.11. The van der Waals surface area contributed by atoms with Crippen LogP contribution >= 0.6 is 0 Å². The van der Waals surface area contributed by atoms with Crippen molar-refractivity contribution in [3.8, 4) is 50.7 Å². The van der Waals surface area contributed by atoms with Gasteiger partial charge in [-0.05, 0) is 102 Å². The van der Waals surface area contributed by atoms with Crippen LogP contribution in [-0.4, -0.2) is 121 Å². The molecule has 74 heavy (non-hydrogen) atoms. The van der Waals surface area contributed by atoms with Crippen molar-refractivity contribution < 1.29 is 28.7 Å². The second kappa shape index (κ2) is 22.3. The van der Waals surface area contributed by atoms with E-state index in [9.17, 15) is 19.2 Å². The van der Waals surface area contributed by atoms with E-state index in [2.05, 4.69) is 49.4 Å². The van der Waals surface area contributed by atoms with Gasteiger partial charge < -0.3 is 44.4 Å². The summed E-state index contributed by atoms with van der Waals surface area (Å²) < 4.78 is 11.8. The maximum absolute atomic E-state index is 13.8. The molecule has 3 aromatic heterocycles. The highest BCUT2D eigenvalue weighted by Gasteiger charge is 2.39. The number of likely N-dealkylation sites (tertiary alicyclic amines) is 2. The van der Waals surface area contributed by atoms with Gasteiger partial charge in [0.25, 0.3) is 0 Å². The fraction of sp³-hybridized carbons (Fsp3) is 0.429. The van der Waals surface area contributed by atoms with E-state index in [0.29, 0.717) is 71.5 Å². The number of hydrogen-bond acceptors (Lipinski definition) is 8. The van der Waals surface area contributed by atoms with Crippen molar-refractivity contribution in [3.05, 3.63) is 96.1 Å². The predicted molar refractivity (Wildman–Crippen MR) is 290 cm³/mol. The smallest absolute Gasteiger partial charge is 0.407 e. The first-order chi connectivity index (χ1) is 35.6. The van der Waals surface area contributed by atoms with Crippen molar-refractivity contribution in [1.82, 2.24) is 44.9 Å². The molecule has 4 amide bonds. The van der Waals surface area contributed by atoms with Crippen molar-refractivity contribution in [2.24, 2.45) is 11.8 Å². The van der Waals surface area contributed by atoms with E-state index in [0.717, 1.165) is 52.2 Å². The Morgan fingerprint density at radius 2 is 1.04 bits per heavy atom. The van der Waals surface area contributed by atoms with Gasteiger partial charge in [-0.15, -0.1) is 0 Å². The number of benzene rings is 3. The monoisotopic (exact) mass is 992 g/mol. The topological polar surface area (TPSA) is 180 Å². The molecule has 5 heterocycles. The van der Waals surface area contributed by atoms with Gasteiger partial charge in [0, 0.05) is 35.6 Å². The summed E-state index contributed by atoms with van der Waals surface area (Å²) in [6.45, 7) is 8.61. The second-order valence-electron chi connectivity index (χ2n) is 20.6. The number of carbonyl (C=O) groups excluding carboxylic acids is 4. The first-order valence-corrected chi connectivity index (χ1v) is 26.0. The van der Waals surface area contributed by atoms with Gasteiger partial charge in [-0.2, -0.15) is 0 Å². The number of aromatic nitrogens is 5. The zero-order valence-corrected chi connectivity index (χ0v) is 43.2. The van der Waals surface area contributed by atoms with Gasteiger partial charge in [0.05, 0.1) is 43.4 Å². The van der Waals surface area contributed by atoms with Crippen LogP contribution in [0, 0.1) is 11.8 Å². The van der Waals surface area contributed by atoms with Gasteiger partial charge in [-0.3, -0.25) is 9.59 Å². The number of imidazole rings is 2. The lowest BCUT2D eigenvalue weighted by Crippen LogP contribution is -2.51. The molecule has 1 aliphatic carbocycles. The molecule has 3 aromatic carbocycles. The van der Waals surface area contributed by atoms with Crippen LogP contribution in [0.5, 0.6) is 0 Å². The van der Waals surface area contributed by atoms with Crippen molar-refractivity contribution in [2.45, 2.75) is 116 Å². The average Bonchev–Trinajstić information content (AvgIpc) is 4.28. The molecule has 6 radical (unpaired) electrons. The summed E-state index contributed by atoms with van der Waals surface area (Å²) in [5.74, 6) is 1.03. The lowest BCUT2D eigenvalue weighted by molar-refractivity contribution is -0.136. The van der Waals surface area contributed by atoms with Crippen LogP contribution in [-0.2, 0) is 19.1 Å². The third-order valence-corrected chi connectivity index (χ3v) is 15.1. The number of ether oxygens (including phenoxy) is 2. The summed E-state index contributed by atoms with van der Waals surface area (Å²) in [6.07, 6.45) is 7.83. The SMILES string of the molecule is [B]c1cc(-c2ccc(-c3nc([C@@H]4CCCN4C(=O)[C@@H](NC(=O)OC)C(C)C)[nH]c3[B])cc2)n(-c2ccc(C3CCCCC3)cc2)c1-c1ccc(-c2nc([C@@H]3CCCN3C(=O)[C@@H](NC(=O)OC)C(C)C)[nH]c2[B])cc1. The zero-order chi connectivity index (χ0) is 52.4. The normalized spacial score (nSPS) is 17.9. The number of nitrogens with one attached hydrogen (secondary N) is 4. The quantitative estimate of drug-likeness (QED) is 0.0835. The molecular formula is C56H64B3N9O6. The van der Waals surface area contributed by atoms with Crippen molar-refractivity contribution in [3.63, 3.8) is 0 Å². The number of hydrogen-bond donors (Lipinski definition) is 4. The molecule has 0 spiro atoms. The van der Waals surface area contributed by atoms with E-state index in [4.69, 9.17) is 43.0 Å². The van der Waals surface area contributed by atoms with Crippen LogP contribution in [0.3, 0.4) is 0 Å². The summed E-state index contributed by atoms with van der Waals surface area (Å²) in [6, 6.07) is 24.8. The van der Waals surface area contributed by atoms with Crippen molar-refractivity contribution in [2.75, 3.05) is 27.3 Å². The lowest BCUT2D eigenvalue weighted by Gasteiger charge is -2.30. The number of amides is 4. The van der Waals surface area contributed by atoms with Crippen LogP contribution in [0.2, 0.25) is 0 Å². The molecule has 3 aliphatic rings. The van der Waals surface area contributed by atoms with Crippen LogP contribution in [0.15, 0.2) is 78.9 Å². The molecule has 18 heteroatoms. The van der Waals surface area contributed by atoms with E-state index in [-0.39, 0.29) is 35.7 Å². The van der Waals surface area contributed by atoms with Crippen molar-refractivity contribution >= 4 is 64.2 Å². The Morgan fingerprint density at radius 1 is 0.595 bits per heavy atom. The average molecular weight is 992 g/mol. The van der Waals surface area contributed by atoms with Gasteiger partial charge in [-0.1, -0.05) is 113 Å². The number of rotatable bonds is 14. The summed E-state index contributed by atoms with van der Waals surface area (Å²) >= 11 is 0. The number of aromatic amines is 2. The molecule has 1 saturated carbocycles. The highest BCUT2D eigenvalue weighted by molar-refractivity contribution is 6.36. The Hall–Kier alpha value is -6.97. The Morgan fingerprint density at radius 3 is 1.49 bits per heavy atom. The zero-order valence-electron chi connectivity index (χ0n) is 43.2. The molecule has 378 valence electrons. The van der Waals surface area contributed by atoms with Gasteiger partial charge in [0.15, 0.2) is 0 Å². The maximum Gasteiger partial charge on any atom is 0.407 e. The van der Waals surface area contributed by atoms with E-state index in [1.807, 2.05) is 82.3 Å². The van der Waals surface area contributed by atoms with Gasteiger partial charge >= 0.3 is 12.2 Å². The Balaban J connectivity index is 1.01. The second-order valence-corrected chi connectivity index (χ2v) is 20.6. The highest BCUT2D eigenvalue weighted by atomic mass is 16.5. The molecule has 2 saturated heterocycles. The summed E-state index contributed by atoms with van der Waals surface area (Å²) in [7, 11) is 22.9. The largest absolute Gasteiger partial charge is 0.453 e. The van der Waals surface area contributed by atoms with Crippen LogP contribution in [0.4, 0.5) is 9.59 Å². The van der Waals surface area contributed by atoms with E-state index in [1.54, 1.807) is 9.80 Å². The third-order valence-electron chi connectivity index (χ3n) is 15.1. The summed E-state index contributed by atoms with van der Waals surface area (Å²) in [5.41, 5.74) is 10.0. The first-order valence-electron chi connectivity index (χ1n) is 26.0. The van der Waals surface area contributed by atoms with Crippen LogP contribution in [0.1, 0.15) is 121 Å². The minimum Gasteiger partial charge on any atom is -0.453 e. The molecule has 9 rings (SSSR count). The number of methoxy groups -OCH3 is 2. The minimum atomic E-state index is -0.753. The standard InChI is InChI=1S/C56H64B3N9O6/c1-31(2)44(62-55(71)73-5)53(69)66-28-10-14-41(66)51-60-46(49(58)64-51)36-18-16-35(17-19-36)43-30-40(57)48(68(43)39-26-24-34(25-27-39)33-12-8-7-9-13-33)38-22-20-37(21-23-38)47-50(59)65-52(61-47)42-15-11-29-67(42)54(70)45(32(3)4)63-56(72)74-6/h16-27,30-33,41-42,44-45H,7-15,28-29H2,1-6H3,(H,60,64)(H,61,65)(H,62,71)(H,63,72)/t41-,42-,44-,45-/m0/s1. The molecule has 15 nitrogen and oxygen atoms in total. The van der Waals surface area contributed by atoms with Crippen molar-refractivity contribution in [1.29, 1.82) is 0 Å². The summed E-state index contributed by atoms with van der Waals surface area (Å²) in [4.78, 5) is 72.0. The molecule has 0 bridgehead atoms. The van der Waals surface area contributed by atoms with E-state index < -0.39 is 24.3 Å². The molecule has 4 atom stereocenters. The number of alkyl carbamates (subject to hydrolysis) is 2. The summed E-state index contributed by atoms with van der Waals surface area (Å²) in [5, 5.41) is 5.42. The highest BCUT2D eigenvalue weighted by Crippen LogP contribution is 2.38. The first kappa shape index (κ1) is 51.9. The maximum atomic E-state index is 13.8. The van der Waals surface area contributed by atoms with Crippen LogP contribution < -0.4 is 27.3 Å². The molecular weight excluding hydrogens is 927 g/mol.